The normalized spacial score (nSPS) is 22.1. The van der Waals surface area contributed by atoms with Gasteiger partial charge in [-0.1, -0.05) is 62.6 Å². The molecule has 4 nitrogen and oxygen atoms in total. The van der Waals surface area contributed by atoms with E-state index in [-0.39, 0.29) is 30.7 Å². The van der Waals surface area contributed by atoms with E-state index in [4.69, 9.17) is 21.4 Å². The summed E-state index contributed by atoms with van der Waals surface area (Å²) in [6, 6.07) is 8.43. The van der Waals surface area contributed by atoms with E-state index >= 15 is 0 Å². The first-order valence-corrected chi connectivity index (χ1v) is 12.3. The number of hydrogen-bond donors (Lipinski definition) is 2. The molecule has 0 unspecified atom stereocenters. The first kappa shape index (κ1) is 25.9. The quantitative estimate of drug-likeness (QED) is 0.156. The van der Waals surface area contributed by atoms with Gasteiger partial charge in [0.05, 0.1) is 12.7 Å². The van der Waals surface area contributed by atoms with Crippen LogP contribution in [0, 0.1) is 5.92 Å². The second kappa shape index (κ2) is 14.7. The first-order valence-electron chi connectivity index (χ1n) is 11.9. The standard InChI is InChI=1S/C26H39ClO4/c1-2-3-6-10-24(29)20-12-14-22(15-13-20)26-21(16-17-23(26)27)9-7-4-5-8-11-25(30)31-19-18-28/h4,7,12-15,21,23-24,26,28-29H,2-3,5-6,8-11,16-19H2,1H3/b7-4+/t21-,23+,24+,26-/m0/s1. The van der Waals surface area contributed by atoms with Gasteiger partial charge in [0.15, 0.2) is 0 Å². The van der Waals surface area contributed by atoms with Crippen molar-refractivity contribution < 1.29 is 19.7 Å². The van der Waals surface area contributed by atoms with Crippen molar-refractivity contribution in [2.24, 2.45) is 5.92 Å². The third-order valence-corrected chi connectivity index (χ3v) is 6.70. The van der Waals surface area contributed by atoms with Crippen molar-refractivity contribution in [2.45, 2.75) is 88.5 Å². The summed E-state index contributed by atoms with van der Waals surface area (Å²) in [5, 5.41) is 19.2. The van der Waals surface area contributed by atoms with E-state index in [1.807, 2.05) is 0 Å². The van der Waals surface area contributed by atoms with Crippen molar-refractivity contribution in [3.8, 4) is 0 Å². The van der Waals surface area contributed by atoms with E-state index in [0.717, 1.165) is 63.4 Å². The predicted octanol–water partition coefficient (Wildman–Crippen LogP) is 6.05. The zero-order valence-corrected chi connectivity index (χ0v) is 19.6. The molecule has 1 aliphatic rings. The molecule has 1 saturated carbocycles. The van der Waals surface area contributed by atoms with Crippen molar-refractivity contribution in [3.05, 3.63) is 47.5 Å². The number of aliphatic hydroxyl groups is 2. The fraction of sp³-hybridized carbons (Fsp3) is 0.654. The van der Waals surface area contributed by atoms with E-state index < -0.39 is 0 Å². The van der Waals surface area contributed by atoms with Gasteiger partial charge in [-0.05, 0) is 55.6 Å². The Morgan fingerprint density at radius 2 is 1.97 bits per heavy atom. The minimum absolute atomic E-state index is 0.0795. The van der Waals surface area contributed by atoms with Gasteiger partial charge in [-0.25, -0.2) is 0 Å². The summed E-state index contributed by atoms with van der Waals surface area (Å²) < 4.78 is 4.86. The maximum atomic E-state index is 11.4. The Balaban J connectivity index is 1.81. The van der Waals surface area contributed by atoms with Crippen LogP contribution < -0.4 is 0 Å². The van der Waals surface area contributed by atoms with Crippen LogP contribution in [0.2, 0.25) is 0 Å². The van der Waals surface area contributed by atoms with Gasteiger partial charge >= 0.3 is 5.97 Å². The van der Waals surface area contributed by atoms with Crippen LogP contribution in [0.25, 0.3) is 0 Å². The summed E-state index contributed by atoms with van der Waals surface area (Å²) in [6.07, 6.45) is 13.3. The van der Waals surface area contributed by atoms with Crippen LogP contribution in [0.3, 0.4) is 0 Å². The molecule has 4 atom stereocenters. The Hall–Kier alpha value is -1.36. The molecular weight excluding hydrogens is 412 g/mol. The van der Waals surface area contributed by atoms with Crippen LogP contribution in [0.5, 0.6) is 0 Å². The van der Waals surface area contributed by atoms with E-state index in [0.29, 0.717) is 18.3 Å². The largest absolute Gasteiger partial charge is 0.463 e. The maximum absolute atomic E-state index is 11.4. The second-order valence-corrected chi connectivity index (χ2v) is 9.16. The number of alkyl halides is 1. The Bertz CT molecular complexity index is 658. The van der Waals surface area contributed by atoms with Crippen LogP contribution in [-0.4, -0.2) is 34.8 Å². The molecule has 0 amide bonds. The summed E-state index contributed by atoms with van der Waals surface area (Å²) in [4.78, 5) is 11.4. The molecule has 1 aliphatic carbocycles. The minimum atomic E-state index is -0.379. The molecule has 1 fully saturated rings. The lowest BCUT2D eigenvalue weighted by Gasteiger charge is -2.22. The van der Waals surface area contributed by atoms with Crippen LogP contribution in [0.15, 0.2) is 36.4 Å². The number of carbonyl (C=O) groups excluding carboxylic acids is 1. The highest BCUT2D eigenvalue weighted by atomic mass is 35.5. The third-order valence-electron chi connectivity index (χ3n) is 6.21. The van der Waals surface area contributed by atoms with Gasteiger partial charge in [-0.2, -0.15) is 0 Å². The molecular formula is C26H39ClO4. The van der Waals surface area contributed by atoms with Gasteiger partial charge in [0, 0.05) is 17.7 Å². The van der Waals surface area contributed by atoms with Crippen LogP contribution in [0.1, 0.15) is 94.3 Å². The number of esters is 1. The van der Waals surface area contributed by atoms with E-state index in [1.54, 1.807) is 0 Å². The van der Waals surface area contributed by atoms with Crippen molar-refractivity contribution in [1.29, 1.82) is 0 Å². The Labute approximate surface area is 192 Å². The van der Waals surface area contributed by atoms with Gasteiger partial charge in [-0.3, -0.25) is 4.79 Å². The Kier molecular flexibility index (Phi) is 12.2. The maximum Gasteiger partial charge on any atom is 0.305 e. The molecule has 0 aromatic heterocycles. The summed E-state index contributed by atoms with van der Waals surface area (Å²) in [5.74, 6) is 0.613. The van der Waals surface area contributed by atoms with Gasteiger partial charge in [-0.15, -0.1) is 11.6 Å². The fourth-order valence-electron chi connectivity index (χ4n) is 4.45. The Morgan fingerprint density at radius 1 is 1.19 bits per heavy atom. The molecule has 0 spiro atoms. The van der Waals surface area contributed by atoms with Gasteiger partial charge < -0.3 is 14.9 Å². The number of ether oxygens (including phenoxy) is 1. The van der Waals surface area contributed by atoms with E-state index in [2.05, 4.69) is 43.3 Å². The van der Waals surface area contributed by atoms with Crippen LogP contribution in [0.4, 0.5) is 0 Å². The number of halogens is 1. The monoisotopic (exact) mass is 450 g/mol. The third kappa shape index (κ3) is 8.96. The number of rotatable bonds is 14. The highest BCUT2D eigenvalue weighted by molar-refractivity contribution is 6.21. The van der Waals surface area contributed by atoms with E-state index in [9.17, 15) is 9.90 Å². The Morgan fingerprint density at radius 3 is 2.68 bits per heavy atom. The molecule has 31 heavy (non-hydrogen) atoms. The van der Waals surface area contributed by atoms with Crippen molar-refractivity contribution in [3.63, 3.8) is 0 Å². The molecule has 0 radical (unpaired) electrons. The average molecular weight is 451 g/mol. The molecule has 174 valence electrons. The zero-order chi connectivity index (χ0) is 22.5. The molecule has 1 aromatic rings. The molecule has 0 bridgehead atoms. The molecule has 0 heterocycles. The first-order chi connectivity index (χ1) is 15.1. The predicted molar refractivity (Wildman–Crippen MR) is 126 cm³/mol. The number of unbranched alkanes of at least 4 members (excludes halogenated alkanes) is 3. The second-order valence-electron chi connectivity index (χ2n) is 8.60. The average Bonchev–Trinajstić information content (AvgIpc) is 3.15. The molecule has 2 N–H and O–H groups in total. The van der Waals surface area contributed by atoms with Gasteiger partial charge in [0.1, 0.15) is 6.61 Å². The van der Waals surface area contributed by atoms with Crippen molar-refractivity contribution >= 4 is 17.6 Å². The molecule has 0 aliphatic heterocycles. The molecule has 5 heteroatoms. The van der Waals surface area contributed by atoms with E-state index in [1.165, 1.54) is 5.56 Å². The lowest BCUT2D eigenvalue weighted by atomic mass is 9.85. The number of aliphatic hydroxyl groups excluding tert-OH is 2. The van der Waals surface area contributed by atoms with Crippen LogP contribution >= 0.6 is 11.6 Å². The summed E-state index contributed by atoms with van der Waals surface area (Å²) >= 11 is 6.69. The smallest absolute Gasteiger partial charge is 0.305 e. The summed E-state index contributed by atoms with van der Waals surface area (Å²) in [5.41, 5.74) is 2.27. The fourth-order valence-corrected chi connectivity index (χ4v) is 4.93. The lowest BCUT2D eigenvalue weighted by molar-refractivity contribution is -0.144. The van der Waals surface area contributed by atoms with Crippen molar-refractivity contribution in [2.75, 3.05) is 13.2 Å². The molecule has 0 saturated heterocycles. The van der Waals surface area contributed by atoms with Gasteiger partial charge in [0.25, 0.3) is 0 Å². The van der Waals surface area contributed by atoms with Crippen molar-refractivity contribution in [1.82, 2.24) is 0 Å². The molecule has 1 aromatic carbocycles. The number of allylic oxidation sites excluding steroid dienone is 2. The van der Waals surface area contributed by atoms with Gasteiger partial charge in [0.2, 0.25) is 0 Å². The number of hydrogen-bond acceptors (Lipinski definition) is 4. The topological polar surface area (TPSA) is 66.8 Å². The minimum Gasteiger partial charge on any atom is -0.463 e. The van der Waals surface area contributed by atoms with Crippen LogP contribution in [-0.2, 0) is 9.53 Å². The zero-order valence-electron chi connectivity index (χ0n) is 18.8. The summed E-state index contributed by atoms with van der Waals surface area (Å²) in [7, 11) is 0. The highest BCUT2D eigenvalue weighted by Crippen LogP contribution is 2.45. The summed E-state index contributed by atoms with van der Waals surface area (Å²) in [6.45, 7) is 2.13. The highest BCUT2D eigenvalue weighted by Gasteiger charge is 2.35. The lowest BCUT2D eigenvalue weighted by Crippen LogP contribution is -2.13. The number of benzene rings is 1. The molecule has 2 rings (SSSR count). The number of carbonyl (C=O) groups is 1. The SMILES string of the molecule is CCCCC[C@@H](O)c1ccc([C@@H]2[C@@H](C/C=C/CCCC(=O)OCCO)CC[C@H]2Cl)cc1.